The molecular formula is C13H14F3NO4. The molecule has 0 aromatic heterocycles. The highest BCUT2D eigenvalue weighted by Gasteiger charge is 2.31. The Hall–Kier alpha value is -2.25. The number of carboxylic acid groups (broad SMARTS) is 1. The molecule has 0 aliphatic rings. The normalized spacial score (nSPS) is 12.9. The van der Waals surface area contributed by atoms with Gasteiger partial charge in [-0.15, -0.1) is 13.2 Å². The number of alkyl halides is 3. The van der Waals surface area contributed by atoms with Crippen LogP contribution in [0.2, 0.25) is 0 Å². The van der Waals surface area contributed by atoms with Crippen LogP contribution in [0.4, 0.5) is 13.2 Å². The van der Waals surface area contributed by atoms with Crippen LogP contribution in [0.5, 0.6) is 5.75 Å². The van der Waals surface area contributed by atoms with Crippen molar-refractivity contribution < 1.29 is 32.6 Å². The monoisotopic (exact) mass is 305 g/mol. The van der Waals surface area contributed by atoms with Gasteiger partial charge >= 0.3 is 12.3 Å². The molecule has 1 atom stereocenters. The third-order valence-corrected chi connectivity index (χ3v) is 2.57. The molecule has 0 aliphatic heterocycles. The number of benzene rings is 1. The van der Waals surface area contributed by atoms with Crippen LogP contribution >= 0.6 is 0 Å². The highest BCUT2D eigenvalue weighted by atomic mass is 19.4. The number of hydrogen-bond acceptors (Lipinski definition) is 3. The first-order valence-electron chi connectivity index (χ1n) is 5.99. The molecule has 2 N–H and O–H groups in total. The van der Waals surface area contributed by atoms with E-state index in [9.17, 15) is 22.8 Å². The van der Waals surface area contributed by atoms with Crippen molar-refractivity contribution in [1.82, 2.24) is 5.32 Å². The first-order chi connectivity index (χ1) is 9.60. The Morgan fingerprint density at radius 1 is 1.19 bits per heavy atom. The molecule has 0 spiro atoms. The topological polar surface area (TPSA) is 75.6 Å². The summed E-state index contributed by atoms with van der Waals surface area (Å²) < 4.78 is 39.6. The van der Waals surface area contributed by atoms with Gasteiger partial charge in [0.2, 0.25) is 0 Å². The SMILES string of the molecule is CC(C)[C@@H](NC(=O)c1ccc(OC(F)(F)F)cc1)C(=O)O. The first kappa shape index (κ1) is 16.8. The number of ether oxygens (including phenoxy) is 1. The van der Waals surface area contributed by atoms with Crippen molar-refractivity contribution in [2.75, 3.05) is 0 Å². The van der Waals surface area contributed by atoms with Gasteiger partial charge in [-0.3, -0.25) is 4.79 Å². The quantitative estimate of drug-likeness (QED) is 0.876. The summed E-state index contributed by atoms with van der Waals surface area (Å²) in [5.74, 6) is -2.66. The van der Waals surface area contributed by atoms with Crippen molar-refractivity contribution in [2.24, 2.45) is 5.92 Å². The van der Waals surface area contributed by atoms with Crippen molar-refractivity contribution in [2.45, 2.75) is 26.3 Å². The van der Waals surface area contributed by atoms with E-state index < -0.39 is 30.0 Å². The van der Waals surface area contributed by atoms with Crippen LogP contribution in [-0.2, 0) is 4.79 Å². The number of carbonyl (C=O) groups is 2. The zero-order valence-corrected chi connectivity index (χ0v) is 11.3. The summed E-state index contributed by atoms with van der Waals surface area (Å²) in [7, 11) is 0. The molecule has 0 radical (unpaired) electrons. The number of aliphatic carboxylic acids is 1. The maximum Gasteiger partial charge on any atom is 0.573 e. The van der Waals surface area contributed by atoms with Crippen molar-refractivity contribution >= 4 is 11.9 Å². The predicted octanol–water partition coefficient (Wildman–Crippen LogP) is 2.42. The molecule has 0 unspecified atom stereocenters. The Balaban J connectivity index is 2.77. The molecule has 1 aromatic rings. The lowest BCUT2D eigenvalue weighted by Gasteiger charge is -2.18. The molecule has 116 valence electrons. The fourth-order valence-electron chi connectivity index (χ4n) is 1.55. The lowest BCUT2D eigenvalue weighted by atomic mass is 10.0. The maximum absolute atomic E-state index is 12.0. The van der Waals surface area contributed by atoms with Crippen LogP contribution in [0.25, 0.3) is 0 Å². The van der Waals surface area contributed by atoms with Gasteiger partial charge in [0.1, 0.15) is 11.8 Å². The van der Waals surface area contributed by atoms with Gasteiger partial charge in [-0.05, 0) is 30.2 Å². The van der Waals surface area contributed by atoms with Crippen LogP contribution in [0.1, 0.15) is 24.2 Å². The van der Waals surface area contributed by atoms with E-state index in [1.165, 1.54) is 0 Å². The fourth-order valence-corrected chi connectivity index (χ4v) is 1.55. The molecule has 0 heterocycles. The van der Waals surface area contributed by atoms with Crippen LogP contribution in [0.15, 0.2) is 24.3 Å². The van der Waals surface area contributed by atoms with Gasteiger partial charge in [-0.2, -0.15) is 0 Å². The summed E-state index contributed by atoms with van der Waals surface area (Å²) in [6.07, 6.45) is -4.81. The Kier molecular flexibility index (Phi) is 5.17. The van der Waals surface area contributed by atoms with Crippen molar-refractivity contribution in [3.63, 3.8) is 0 Å². The predicted molar refractivity (Wildman–Crippen MR) is 66.9 cm³/mol. The van der Waals surface area contributed by atoms with Crippen molar-refractivity contribution in [3.05, 3.63) is 29.8 Å². The Bertz CT molecular complexity index is 511. The summed E-state index contributed by atoms with van der Waals surface area (Å²) in [6.45, 7) is 3.25. The number of nitrogens with one attached hydrogen (secondary N) is 1. The summed E-state index contributed by atoms with van der Waals surface area (Å²) in [5, 5.41) is 11.2. The lowest BCUT2D eigenvalue weighted by Crippen LogP contribution is -2.44. The smallest absolute Gasteiger partial charge is 0.480 e. The highest BCUT2D eigenvalue weighted by Crippen LogP contribution is 2.22. The average molecular weight is 305 g/mol. The minimum Gasteiger partial charge on any atom is -0.480 e. The van der Waals surface area contributed by atoms with E-state index in [0.29, 0.717) is 0 Å². The number of amides is 1. The fraction of sp³-hybridized carbons (Fsp3) is 0.385. The number of hydrogen-bond donors (Lipinski definition) is 2. The number of carboxylic acids is 1. The first-order valence-corrected chi connectivity index (χ1v) is 5.99. The zero-order valence-electron chi connectivity index (χ0n) is 11.3. The molecule has 0 fully saturated rings. The molecule has 0 saturated heterocycles. The molecular weight excluding hydrogens is 291 g/mol. The molecule has 1 rings (SSSR count). The Morgan fingerprint density at radius 2 is 1.71 bits per heavy atom. The second kappa shape index (κ2) is 6.47. The molecule has 0 bridgehead atoms. The van der Waals surface area contributed by atoms with E-state index in [2.05, 4.69) is 10.1 Å². The van der Waals surface area contributed by atoms with E-state index in [0.717, 1.165) is 24.3 Å². The molecule has 1 amide bonds. The second-order valence-corrected chi connectivity index (χ2v) is 4.61. The van der Waals surface area contributed by atoms with Crippen molar-refractivity contribution in [1.29, 1.82) is 0 Å². The van der Waals surface area contributed by atoms with E-state index in [-0.39, 0.29) is 11.5 Å². The molecule has 8 heteroatoms. The summed E-state index contributed by atoms with van der Waals surface area (Å²) in [5.41, 5.74) is 0.0384. The average Bonchev–Trinajstić information content (AvgIpc) is 2.33. The van der Waals surface area contributed by atoms with Gasteiger partial charge in [0.05, 0.1) is 0 Å². The summed E-state index contributed by atoms with van der Waals surface area (Å²) in [4.78, 5) is 22.8. The zero-order chi connectivity index (χ0) is 16.2. The maximum atomic E-state index is 12.0. The third kappa shape index (κ3) is 5.33. The molecule has 1 aromatic carbocycles. The molecule has 0 aliphatic carbocycles. The van der Waals surface area contributed by atoms with E-state index in [1.54, 1.807) is 13.8 Å². The van der Waals surface area contributed by atoms with Crippen molar-refractivity contribution in [3.8, 4) is 5.75 Å². The van der Waals surface area contributed by atoms with Gasteiger partial charge in [-0.25, -0.2) is 4.79 Å². The van der Waals surface area contributed by atoms with E-state index >= 15 is 0 Å². The van der Waals surface area contributed by atoms with E-state index in [4.69, 9.17) is 5.11 Å². The van der Waals surface area contributed by atoms with Crippen LogP contribution in [0.3, 0.4) is 0 Å². The van der Waals surface area contributed by atoms with Crippen LogP contribution in [0, 0.1) is 5.92 Å². The minimum atomic E-state index is -4.81. The molecule has 0 saturated carbocycles. The van der Waals surface area contributed by atoms with Crippen LogP contribution < -0.4 is 10.1 Å². The summed E-state index contributed by atoms with van der Waals surface area (Å²) in [6, 6.07) is 3.12. The lowest BCUT2D eigenvalue weighted by molar-refractivity contribution is -0.274. The number of carbonyl (C=O) groups excluding carboxylic acids is 1. The minimum absolute atomic E-state index is 0.0384. The number of halogens is 3. The second-order valence-electron chi connectivity index (χ2n) is 4.61. The van der Waals surface area contributed by atoms with Gasteiger partial charge in [0.25, 0.3) is 5.91 Å². The van der Waals surface area contributed by atoms with E-state index in [1.807, 2.05) is 0 Å². The molecule has 21 heavy (non-hydrogen) atoms. The van der Waals surface area contributed by atoms with Gasteiger partial charge in [0.15, 0.2) is 0 Å². The van der Waals surface area contributed by atoms with Gasteiger partial charge in [-0.1, -0.05) is 13.8 Å². The largest absolute Gasteiger partial charge is 0.573 e. The van der Waals surface area contributed by atoms with Crippen LogP contribution in [-0.4, -0.2) is 29.4 Å². The Morgan fingerprint density at radius 3 is 2.10 bits per heavy atom. The number of rotatable bonds is 5. The van der Waals surface area contributed by atoms with Gasteiger partial charge in [0, 0.05) is 5.56 Å². The molecule has 5 nitrogen and oxygen atoms in total. The summed E-state index contributed by atoms with van der Waals surface area (Å²) >= 11 is 0. The van der Waals surface area contributed by atoms with Gasteiger partial charge < -0.3 is 15.2 Å². The Labute approximate surface area is 118 Å². The highest BCUT2D eigenvalue weighted by molar-refractivity contribution is 5.96. The standard InChI is InChI=1S/C13H14F3NO4/c1-7(2)10(12(19)20)17-11(18)8-3-5-9(6-4-8)21-13(14,15)16/h3-7,10H,1-2H3,(H,17,18)(H,19,20)/t10-/m1/s1. The third-order valence-electron chi connectivity index (χ3n) is 2.57.